The second kappa shape index (κ2) is 11.0. The van der Waals surface area contributed by atoms with Crippen molar-refractivity contribution in [1.82, 2.24) is 4.40 Å². The fourth-order valence-electron chi connectivity index (χ4n) is 3.69. The number of esters is 2. The molecule has 2 aromatic heterocycles. The zero-order valence-electron chi connectivity index (χ0n) is 19.1. The first kappa shape index (κ1) is 25.1. The highest BCUT2D eigenvalue weighted by Crippen LogP contribution is 2.37. The maximum Gasteiger partial charge on any atom is 0.356 e. The minimum atomic E-state index is -0.508. The molecular weight excluding hydrogens is 506 g/mol. The van der Waals surface area contributed by atoms with Gasteiger partial charge < -0.3 is 13.9 Å². The molecule has 2 heterocycles. The zero-order chi connectivity index (χ0) is 24.1. The van der Waals surface area contributed by atoms with Crippen molar-refractivity contribution in [3.63, 3.8) is 0 Å². The van der Waals surface area contributed by atoms with Gasteiger partial charge in [-0.25, -0.2) is 4.79 Å². The van der Waals surface area contributed by atoms with Crippen LogP contribution in [0.5, 0.6) is 0 Å². The lowest BCUT2D eigenvalue weighted by molar-refractivity contribution is -0.142. The Kier molecular flexibility index (Phi) is 8.37. The van der Waals surface area contributed by atoms with Gasteiger partial charge in [0, 0.05) is 22.0 Å². The second-order valence-corrected chi connectivity index (χ2v) is 9.45. The first-order valence-electron chi connectivity index (χ1n) is 10.7. The Bertz CT molecular complexity index is 1200. The summed E-state index contributed by atoms with van der Waals surface area (Å²) in [5.41, 5.74) is 3.73. The predicted octanol–water partition coefficient (Wildman–Crippen LogP) is 5.77. The summed E-state index contributed by atoms with van der Waals surface area (Å²) in [5, 5.41) is 0. The average Bonchev–Trinajstić information content (AvgIpc) is 3.08. The Morgan fingerprint density at radius 3 is 2.33 bits per heavy atom. The molecule has 0 unspecified atom stereocenters. The van der Waals surface area contributed by atoms with Crippen molar-refractivity contribution in [1.29, 1.82) is 0 Å². The lowest BCUT2D eigenvalue weighted by Gasteiger charge is -2.08. The van der Waals surface area contributed by atoms with E-state index in [1.54, 1.807) is 30.4 Å². The number of ketones is 1. The molecule has 8 heteroatoms. The SMILES string of the molecule is CCOC(=O)CCSc1c(C(=O)c2ccc(Br)cc2)c2c(C)cc(C)cn2c1C(=O)OCC. The number of aryl methyl sites for hydroxylation is 2. The molecule has 0 atom stereocenters. The number of benzene rings is 1. The van der Waals surface area contributed by atoms with Crippen LogP contribution in [0.3, 0.4) is 0 Å². The van der Waals surface area contributed by atoms with Gasteiger partial charge in [-0.15, -0.1) is 11.8 Å². The van der Waals surface area contributed by atoms with E-state index in [-0.39, 0.29) is 24.8 Å². The van der Waals surface area contributed by atoms with E-state index < -0.39 is 5.97 Å². The van der Waals surface area contributed by atoms with E-state index in [1.807, 2.05) is 38.2 Å². The molecule has 0 amide bonds. The van der Waals surface area contributed by atoms with E-state index in [4.69, 9.17) is 9.47 Å². The van der Waals surface area contributed by atoms with E-state index in [1.165, 1.54) is 11.8 Å². The topological polar surface area (TPSA) is 74.1 Å². The summed E-state index contributed by atoms with van der Waals surface area (Å²) in [4.78, 5) is 39.2. The van der Waals surface area contributed by atoms with Crippen molar-refractivity contribution in [2.75, 3.05) is 19.0 Å². The number of pyridine rings is 1. The van der Waals surface area contributed by atoms with Crippen molar-refractivity contribution in [2.45, 2.75) is 39.0 Å². The average molecular weight is 532 g/mol. The number of aromatic nitrogens is 1. The van der Waals surface area contributed by atoms with Crippen LogP contribution < -0.4 is 0 Å². The van der Waals surface area contributed by atoms with Crippen LogP contribution in [-0.4, -0.2) is 41.1 Å². The van der Waals surface area contributed by atoms with Crippen LogP contribution >= 0.6 is 27.7 Å². The Labute approximate surface area is 205 Å². The number of fused-ring (bicyclic) bond motifs is 1. The van der Waals surface area contributed by atoms with Gasteiger partial charge in [-0.1, -0.05) is 22.0 Å². The summed E-state index contributed by atoms with van der Waals surface area (Å²) in [6.07, 6.45) is 2.00. The Balaban J connectivity index is 2.22. The van der Waals surface area contributed by atoms with E-state index in [0.717, 1.165) is 15.6 Å². The third-order valence-electron chi connectivity index (χ3n) is 4.97. The highest BCUT2D eigenvalue weighted by Gasteiger charge is 2.30. The van der Waals surface area contributed by atoms with E-state index in [9.17, 15) is 14.4 Å². The van der Waals surface area contributed by atoms with Gasteiger partial charge in [0.1, 0.15) is 5.69 Å². The van der Waals surface area contributed by atoms with Crippen LogP contribution in [0.15, 0.2) is 45.9 Å². The summed E-state index contributed by atoms with van der Waals surface area (Å²) in [6.45, 7) is 7.86. The molecule has 0 fully saturated rings. The maximum absolute atomic E-state index is 13.7. The van der Waals surface area contributed by atoms with Crippen molar-refractivity contribution in [3.05, 3.63) is 68.9 Å². The molecule has 0 aliphatic carbocycles. The molecule has 0 spiro atoms. The third-order valence-corrected chi connectivity index (χ3v) is 6.59. The predicted molar refractivity (Wildman–Crippen MR) is 132 cm³/mol. The van der Waals surface area contributed by atoms with Crippen molar-refractivity contribution < 1.29 is 23.9 Å². The fraction of sp³-hybridized carbons (Fsp3) is 0.320. The number of hydrogen-bond acceptors (Lipinski definition) is 6. The van der Waals surface area contributed by atoms with Crippen LogP contribution in [0.25, 0.3) is 5.52 Å². The van der Waals surface area contributed by atoms with Gasteiger partial charge in [-0.2, -0.15) is 0 Å². The maximum atomic E-state index is 13.7. The first-order valence-corrected chi connectivity index (χ1v) is 12.5. The van der Waals surface area contributed by atoms with Gasteiger partial charge in [-0.3, -0.25) is 9.59 Å². The highest BCUT2D eigenvalue weighted by atomic mass is 79.9. The number of ether oxygens (including phenoxy) is 2. The van der Waals surface area contributed by atoms with Gasteiger partial charge in [0.15, 0.2) is 5.78 Å². The van der Waals surface area contributed by atoms with Crippen molar-refractivity contribution >= 4 is 50.9 Å². The largest absolute Gasteiger partial charge is 0.466 e. The standard InChI is InChI=1S/C25H26BrNO5S/c1-5-31-19(28)11-12-33-24-20(23(29)17-7-9-18(26)10-8-17)21-16(4)13-15(3)14-27(21)22(24)25(30)32-6-2/h7-10,13-14H,5-6,11-12H2,1-4H3. The van der Waals surface area contributed by atoms with E-state index in [0.29, 0.717) is 39.6 Å². The molecule has 1 aromatic carbocycles. The lowest BCUT2D eigenvalue weighted by Crippen LogP contribution is -2.10. The van der Waals surface area contributed by atoms with Crippen molar-refractivity contribution in [2.24, 2.45) is 0 Å². The molecule has 0 N–H and O–H groups in total. The van der Waals surface area contributed by atoms with Crippen LogP contribution in [0.1, 0.15) is 57.8 Å². The number of halogens is 1. The van der Waals surface area contributed by atoms with E-state index >= 15 is 0 Å². The fourth-order valence-corrected chi connectivity index (χ4v) is 5.08. The molecule has 3 rings (SSSR count). The van der Waals surface area contributed by atoms with Gasteiger partial charge in [0.05, 0.1) is 35.6 Å². The van der Waals surface area contributed by atoms with Crippen LogP contribution in [0.4, 0.5) is 0 Å². The minimum Gasteiger partial charge on any atom is -0.466 e. The molecule has 174 valence electrons. The summed E-state index contributed by atoms with van der Waals surface area (Å²) in [7, 11) is 0. The van der Waals surface area contributed by atoms with E-state index in [2.05, 4.69) is 15.9 Å². The van der Waals surface area contributed by atoms with Crippen LogP contribution in [0.2, 0.25) is 0 Å². The molecule has 0 bridgehead atoms. The molecule has 0 aliphatic rings. The quantitative estimate of drug-likeness (QED) is 0.198. The molecule has 0 saturated heterocycles. The lowest BCUT2D eigenvalue weighted by atomic mass is 10.0. The molecule has 3 aromatic rings. The Hall–Kier alpha value is -2.58. The summed E-state index contributed by atoms with van der Waals surface area (Å²) >= 11 is 4.70. The number of carbonyl (C=O) groups is 3. The molecule has 33 heavy (non-hydrogen) atoms. The van der Waals surface area contributed by atoms with Gasteiger partial charge in [0.2, 0.25) is 0 Å². The normalized spacial score (nSPS) is 10.9. The molecule has 0 saturated carbocycles. The number of nitrogens with zero attached hydrogens (tertiary/aromatic N) is 1. The third kappa shape index (κ3) is 5.50. The first-order chi connectivity index (χ1) is 15.8. The minimum absolute atomic E-state index is 0.164. The van der Waals surface area contributed by atoms with Gasteiger partial charge in [-0.05, 0) is 63.1 Å². The highest BCUT2D eigenvalue weighted by molar-refractivity contribution is 9.10. The summed E-state index contributed by atoms with van der Waals surface area (Å²) < 4.78 is 13.0. The smallest absolute Gasteiger partial charge is 0.356 e. The number of carbonyl (C=O) groups excluding carboxylic acids is 3. The Morgan fingerprint density at radius 2 is 1.70 bits per heavy atom. The summed E-state index contributed by atoms with van der Waals surface area (Å²) in [6, 6.07) is 9.09. The van der Waals surface area contributed by atoms with Crippen molar-refractivity contribution in [3.8, 4) is 0 Å². The molecular formula is C25H26BrNO5S. The molecule has 0 aliphatic heterocycles. The zero-order valence-corrected chi connectivity index (χ0v) is 21.5. The molecule has 6 nitrogen and oxygen atoms in total. The monoisotopic (exact) mass is 531 g/mol. The van der Waals surface area contributed by atoms with Gasteiger partial charge in [0.25, 0.3) is 0 Å². The Morgan fingerprint density at radius 1 is 1.03 bits per heavy atom. The number of rotatable bonds is 9. The second-order valence-electron chi connectivity index (χ2n) is 7.43. The number of hydrogen-bond donors (Lipinski definition) is 0. The summed E-state index contributed by atoms with van der Waals surface area (Å²) in [5.74, 6) is -0.660. The molecule has 0 radical (unpaired) electrons. The van der Waals surface area contributed by atoms with Gasteiger partial charge >= 0.3 is 11.9 Å². The van der Waals surface area contributed by atoms with Crippen LogP contribution in [0, 0.1) is 13.8 Å². The number of thioether (sulfide) groups is 1. The van der Waals surface area contributed by atoms with Crippen LogP contribution in [-0.2, 0) is 14.3 Å².